The van der Waals surface area contributed by atoms with E-state index < -0.39 is 5.60 Å². The smallest absolute Gasteiger partial charge is 0.0651 e. The van der Waals surface area contributed by atoms with E-state index in [0.29, 0.717) is 23.2 Å². The highest BCUT2D eigenvalue weighted by molar-refractivity contribution is 5.16. The molecule has 0 saturated heterocycles. The van der Waals surface area contributed by atoms with Crippen LogP contribution in [0.15, 0.2) is 0 Å². The first-order valence-electron chi connectivity index (χ1n) is 7.09. The Morgan fingerprint density at radius 1 is 0.941 bits per heavy atom. The van der Waals surface area contributed by atoms with Crippen molar-refractivity contribution in [1.82, 2.24) is 0 Å². The van der Waals surface area contributed by atoms with Gasteiger partial charge in [0.1, 0.15) is 0 Å². The van der Waals surface area contributed by atoms with Crippen molar-refractivity contribution in [3.05, 3.63) is 0 Å². The number of fused-ring (bicyclic) bond motifs is 3. The lowest BCUT2D eigenvalue weighted by molar-refractivity contribution is -0.0314. The van der Waals surface area contributed by atoms with Gasteiger partial charge in [-0.2, -0.15) is 0 Å². The molecule has 0 aromatic heterocycles. The van der Waals surface area contributed by atoms with Crippen LogP contribution < -0.4 is 0 Å². The van der Waals surface area contributed by atoms with Crippen LogP contribution in [0, 0.1) is 28.6 Å². The molecule has 3 aliphatic carbocycles. The molecule has 3 saturated carbocycles. The maximum absolute atomic E-state index is 10.6. The number of aliphatic hydroxyl groups excluding tert-OH is 1. The van der Waals surface area contributed by atoms with Gasteiger partial charge in [-0.3, -0.25) is 0 Å². The van der Waals surface area contributed by atoms with Crippen LogP contribution in [0.5, 0.6) is 0 Å². The summed E-state index contributed by atoms with van der Waals surface area (Å²) in [6.07, 6.45) is 4.03. The van der Waals surface area contributed by atoms with Crippen LogP contribution in [-0.2, 0) is 0 Å². The zero-order valence-electron chi connectivity index (χ0n) is 11.5. The summed E-state index contributed by atoms with van der Waals surface area (Å²) in [6.45, 7) is 8.69. The van der Waals surface area contributed by atoms with Crippen molar-refractivity contribution < 1.29 is 10.2 Å². The molecular formula is C15H26O2. The molecule has 6 atom stereocenters. The molecule has 0 aromatic rings. The van der Waals surface area contributed by atoms with Crippen molar-refractivity contribution in [2.75, 3.05) is 0 Å². The summed E-state index contributed by atoms with van der Waals surface area (Å²) in [5.74, 6) is 1.48. The fourth-order valence-corrected chi connectivity index (χ4v) is 4.96. The van der Waals surface area contributed by atoms with E-state index in [9.17, 15) is 10.2 Å². The van der Waals surface area contributed by atoms with E-state index in [1.807, 2.05) is 6.92 Å². The topological polar surface area (TPSA) is 40.5 Å². The minimum atomic E-state index is -0.512. The van der Waals surface area contributed by atoms with Crippen LogP contribution in [0.3, 0.4) is 0 Å². The van der Waals surface area contributed by atoms with Crippen molar-refractivity contribution in [2.45, 2.75) is 65.1 Å². The quantitative estimate of drug-likeness (QED) is 0.681. The molecule has 0 unspecified atom stereocenters. The summed E-state index contributed by atoms with van der Waals surface area (Å²) in [7, 11) is 0. The monoisotopic (exact) mass is 238 g/mol. The second-order valence-corrected chi connectivity index (χ2v) is 8.06. The molecule has 2 nitrogen and oxygen atoms in total. The molecule has 3 fully saturated rings. The van der Waals surface area contributed by atoms with E-state index in [-0.39, 0.29) is 11.5 Å². The Morgan fingerprint density at radius 3 is 2.24 bits per heavy atom. The predicted octanol–water partition coefficient (Wildman–Crippen LogP) is 2.58. The van der Waals surface area contributed by atoms with E-state index in [4.69, 9.17) is 0 Å². The Labute approximate surface area is 104 Å². The zero-order valence-corrected chi connectivity index (χ0v) is 11.5. The highest BCUT2D eigenvalue weighted by Gasteiger charge is 2.67. The van der Waals surface area contributed by atoms with Gasteiger partial charge in [0.25, 0.3) is 0 Å². The van der Waals surface area contributed by atoms with Crippen LogP contribution in [0.4, 0.5) is 0 Å². The standard InChI is InChI=1S/C15H26O2/c1-13(2)7-10-9(5-6-15(10,4)17)14(3)8-11(14)12(13)16/h9-12,16-17H,5-8H2,1-4H3/t9-,10+,11-,12+,14+,15-/m1/s1. The van der Waals surface area contributed by atoms with E-state index >= 15 is 0 Å². The highest BCUT2D eigenvalue weighted by atomic mass is 16.3. The largest absolute Gasteiger partial charge is 0.392 e. The van der Waals surface area contributed by atoms with Crippen molar-refractivity contribution in [2.24, 2.45) is 28.6 Å². The summed E-state index contributed by atoms with van der Waals surface area (Å²) in [5, 5.41) is 21.1. The third-order valence-electron chi connectivity index (χ3n) is 6.37. The molecule has 2 heteroatoms. The molecular weight excluding hydrogens is 212 g/mol. The van der Waals surface area contributed by atoms with E-state index in [2.05, 4.69) is 20.8 Å². The lowest BCUT2D eigenvalue weighted by Gasteiger charge is -2.37. The summed E-state index contributed by atoms with van der Waals surface area (Å²) in [4.78, 5) is 0. The maximum atomic E-state index is 10.6. The van der Waals surface area contributed by atoms with Gasteiger partial charge in [0.05, 0.1) is 11.7 Å². The van der Waals surface area contributed by atoms with Crippen molar-refractivity contribution in [3.63, 3.8) is 0 Å². The van der Waals surface area contributed by atoms with Crippen LogP contribution in [0.2, 0.25) is 0 Å². The van der Waals surface area contributed by atoms with Crippen LogP contribution in [0.1, 0.15) is 53.4 Å². The van der Waals surface area contributed by atoms with Crippen molar-refractivity contribution in [1.29, 1.82) is 0 Å². The van der Waals surface area contributed by atoms with E-state index in [1.165, 1.54) is 0 Å². The number of hydrogen-bond acceptors (Lipinski definition) is 2. The van der Waals surface area contributed by atoms with Gasteiger partial charge in [0, 0.05) is 0 Å². The molecule has 0 spiro atoms. The van der Waals surface area contributed by atoms with Gasteiger partial charge in [0.15, 0.2) is 0 Å². The van der Waals surface area contributed by atoms with Gasteiger partial charge in [-0.15, -0.1) is 0 Å². The molecule has 0 aromatic carbocycles. The highest BCUT2D eigenvalue weighted by Crippen LogP contribution is 2.70. The number of hydrogen-bond donors (Lipinski definition) is 2. The number of rotatable bonds is 0. The Hall–Kier alpha value is -0.0800. The van der Waals surface area contributed by atoms with E-state index in [0.717, 1.165) is 25.7 Å². The summed E-state index contributed by atoms with van der Waals surface area (Å²) < 4.78 is 0. The average molecular weight is 238 g/mol. The minimum Gasteiger partial charge on any atom is -0.392 e. The molecule has 0 aliphatic heterocycles. The minimum absolute atomic E-state index is 0.0455. The first kappa shape index (κ1) is 12.0. The van der Waals surface area contributed by atoms with Gasteiger partial charge in [-0.1, -0.05) is 20.8 Å². The average Bonchev–Trinajstić information content (AvgIpc) is 2.79. The first-order valence-corrected chi connectivity index (χ1v) is 7.09. The molecule has 0 bridgehead atoms. The molecule has 17 heavy (non-hydrogen) atoms. The molecule has 98 valence electrons. The van der Waals surface area contributed by atoms with Crippen LogP contribution >= 0.6 is 0 Å². The molecule has 0 amide bonds. The third-order valence-corrected chi connectivity index (χ3v) is 6.37. The second-order valence-electron chi connectivity index (χ2n) is 8.06. The van der Waals surface area contributed by atoms with Crippen molar-refractivity contribution in [3.8, 4) is 0 Å². The van der Waals surface area contributed by atoms with Gasteiger partial charge < -0.3 is 10.2 Å². The number of aliphatic hydroxyl groups is 2. The lowest BCUT2D eigenvalue weighted by atomic mass is 9.72. The molecule has 0 radical (unpaired) electrons. The molecule has 3 rings (SSSR count). The first-order chi connectivity index (χ1) is 7.68. The van der Waals surface area contributed by atoms with Gasteiger partial charge in [-0.05, 0) is 61.2 Å². The molecule has 2 N–H and O–H groups in total. The summed E-state index contributed by atoms with van der Waals surface area (Å²) >= 11 is 0. The Balaban J connectivity index is 2.00. The summed E-state index contributed by atoms with van der Waals surface area (Å²) in [5.41, 5.74) is -0.253. The molecule has 0 heterocycles. The second kappa shape index (κ2) is 3.08. The van der Waals surface area contributed by atoms with E-state index in [1.54, 1.807) is 0 Å². The fraction of sp³-hybridized carbons (Fsp3) is 1.00. The van der Waals surface area contributed by atoms with Gasteiger partial charge in [-0.25, -0.2) is 0 Å². The maximum Gasteiger partial charge on any atom is 0.0651 e. The lowest BCUT2D eigenvalue weighted by Crippen LogP contribution is -2.38. The zero-order chi connectivity index (χ0) is 12.6. The van der Waals surface area contributed by atoms with Gasteiger partial charge >= 0.3 is 0 Å². The predicted molar refractivity (Wildman–Crippen MR) is 67.5 cm³/mol. The molecule has 3 aliphatic rings. The third kappa shape index (κ3) is 1.46. The van der Waals surface area contributed by atoms with Crippen molar-refractivity contribution >= 4 is 0 Å². The van der Waals surface area contributed by atoms with Crippen LogP contribution in [-0.4, -0.2) is 21.9 Å². The Morgan fingerprint density at radius 2 is 1.59 bits per heavy atom. The normalized spacial score (nSPS) is 60.4. The Kier molecular flexibility index (Phi) is 2.17. The fourth-order valence-electron chi connectivity index (χ4n) is 4.96. The Bertz CT molecular complexity index is 347. The van der Waals surface area contributed by atoms with Gasteiger partial charge in [0.2, 0.25) is 0 Å². The van der Waals surface area contributed by atoms with Crippen LogP contribution in [0.25, 0.3) is 0 Å². The summed E-state index contributed by atoms with van der Waals surface area (Å²) in [6, 6.07) is 0. The SMILES string of the molecule is CC1(C)C[C@H]2[C@@H](CC[C@@]2(C)O)[C@]2(C)C[C@@H]2[C@@H]1O.